The van der Waals surface area contributed by atoms with Crippen LogP contribution in [0, 0.1) is 18.3 Å². The molecule has 0 amide bonds. The van der Waals surface area contributed by atoms with E-state index in [2.05, 4.69) is 11.1 Å². The van der Waals surface area contributed by atoms with E-state index >= 15 is 0 Å². The van der Waals surface area contributed by atoms with Crippen LogP contribution in [0.15, 0.2) is 30.5 Å². The summed E-state index contributed by atoms with van der Waals surface area (Å²) >= 11 is 0. The number of nitriles is 1. The summed E-state index contributed by atoms with van der Waals surface area (Å²) in [6.07, 6.45) is 1.81. The minimum absolute atomic E-state index is 0.461. The van der Waals surface area contributed by atoms with Crippen molar-refractivity contribution < 1.29 is 9.47 Å². The molecule has 0 saturated carbocycles. The van der Waals surface area contributed by atoms with Crippen molar-refractivity contribution >= 4 is 13.7 Å². The third-order valence-corrected chi connectivity index (χ3v) is 3.99. The lowest BCUT2D eigenvalue weighted by Crippen LogP contribution is -2.36. The summed E-state index contributed by atoms with van der Waals surface area (Å²) in [5.74, 6) is 0.116. The van der Waals surface area contributed by atoms with Gasteiger partial charge in [0.05, 0.1) is 23.9 Å². The third kappa shape index (κ3) is 3.22. The number of nitrogens with zero attached hydrogens (tertiary/aromatic N) is 3. The van der Waals surface area contributed by atoms with Crippen LogP contribution in [0.1, 0.15) is 36.2 Å². The van der Waals surface area contributed by atoms with Crippen LogP contribution in [0.4, 0.5) is 5.69 Å². The van der Waals surface area contributed by atoms with Crippen LogP contribution in [0.3, 0.4) is 0 Å². The van der Waals surface area contributed by atoms with Crippen molar-refractivity contribution in [2.75, 3.05) is 4.81 Å². The van der Waals surface area contributed by atoms with Gasteiger partial charge in [0.1, 0.15) is 5.75 Å². The lowest BCUT2D eigenvalue weighted by atomic mass is 10.0. The molecular formula is C18H18BN3O2. The first-order valence-electron chi connectivity index (χ1n) is 7.72. The van der Waals surface area contributed by atoms with Gasteiger partial charge in [0.15, 0.2) is 0 Å². The molecule has 1 aliphatic rings. The zero-order valence-corrected chi connectivity index (χ0v) is 14.0. The van der Waals surface area contributed by atoms with Crippen molar-refractivity contribution in [1.82, 2.24) is 4.98 Å². The highest BCUT2D eigenvalue weighted by Crippen LogP contribution is 2.35. The quantitative estimate of drug-likeness (QED) is 0.814. The largest absolute Gasteiger partial charge is 0.461 e. The van der Waals surface area contributed by atoms with Crippen LogP contribution in [-0.2, 0) is 17.9 Å². The zero-order valence-electron chi connectivity index (χ0n) is 14.0. The number of hydrogen-bond acceptors (Lipinski definition) is 5. The SMILES string of the molecule is [B]N(Cc1cnc(C)c2c1COC(C)(C)O2)c1ccc(C#N)cc1. The van der Waals surface area contributed by atoms with Gasteiger partial charge in [-0.05, 0) is 36.8 Å². The Labute approximate surface area is 143 Å². The van der Waals surface area contributed by atoms with E-state index in [0.717, 1.165) is 28.3 Å². The molecule has 1 aromatic heterocycles. The monoisotopic (exact) mass is 319 g/mol. The molecule has 0 fully saturated rings. The molecule has 2 heterocycles. The number of benzene rings is 1. The van der Waals surface area contributed by atoms with Gasteiger partial charge in [-0.15, -0.1) is 0 Å². The number of anilines is 1. The number of aromatic nitrogens is 1. The fourth-order valence-electron chi connectivity index (χ4n) is 2.63. The van der Waals surface area contributed by atoms with Gasteiger partial charge in [0.2, 0.25) is 13.8 Å². The Bertz CT molecular complexity index is 797. The van der Waals surface area contributed by atoms with Crippen molar-refractivity contribution in [3.05, 3.63) is 52.8 Å². The molecule has 6 heteroatoms. The Balaban J connectivity index is 1.86. The predicted molar refractivity (Wildman–Crippen MR) is 91.6 cm³/mol. The van der Waals surface area contributed by atoms with Gasteiger partial charge >= 0.3 is 0 Å². The number of fused-ring (bicyclic) bond motifs is 1. The van der Waals surface area contributed by atoms with Crippen LogP contribution in [0.25, 0.3) is 0 Å². The smallest absolute Gasteiger partial charge is 0.227 e. The number of hydrogen-bond donors (Lipinski definition) is 0. The van der Waals surface area contributed by atoms with Crippen molar-refractivity contribution in [2.24, 2.45) is 0 Å². The van der Waals surface area contributed by atoms with Gasteiger partial charge in [0, 0.05) is 37.8 Å². The second-order valence-corrected chi connectivity index (χ2v) is 6.25. The second-order valence-electron chi connectivity index (χ2n) is 6.25. The fraction of sp³-hybridized carbons (Fsp3) is 0.333. The van der Waals surface area contributed by atoms with Crippen LogP contribution in [0.2, 0.25) is 0 Å². The predicted octanol–water partition coefficient (Wildman–Crippen LogP) is 3.00. The molecule has 120 valence electrons. The lowest BCUT2D eigenvalue weighted by Gasteiger charge is -2.34. The summed E-state index contributed by atoms with van der Waals surface area (Å²) < 4.78 is 11.7. The molecular weight excluding hydrogens is 301 g/mol. The molecule has 0 saturated heterocycles. The molecule has 0 N–H and O–H groups in total. The zero-order chi connectivity index (χ0) is 17.3. The van der Waals surface area contributed by atoms with Crippen LogP contribution < -0.4 is 9.55 Å². The van der Waals surface area contributed by atoms with Gasteiger partial charge in [-0.3, -0.25) is 4.98 Å². The maximum absolute atomic E-state index is 8.87. The van der Waals surface area contributed by atoms with Gasteiger partial charge in [-0.2, -0.15) is 5.26 Å². The average Bonchev–Trinajstić information content (AvgIpc) is 2.57. The molecule has 0 atom stereocenters. The standard InChI is InChI=1S/C18H18BN3O2/c1-12-17-16(11-23-18(2,3)24-17)14(9-21-12)10-22(19)15-6-4-13(8-20)5-7-15/h4-7,9H,10-11H2,1-3H3. The molecule has 3 rings (SSSR count). The average molecular weight is 319 g/mol. The maximum atomic E-state index is 8.87. The van der Waals surface area contributed by atoms with E-state index in [-0.39, 0.29) is 0 Å². The van der Waals surface area contributed by atoms with Crippen molar-refractivity contribution in [3.63, 3.8) is 0 Å². The van der Waals surface area contributed by atoms with E-state index in [4.69, 9.17) is 22.7 Å². The third-order valence-electron chi connectivity index (χ3n) is 3.99. The Morgan fingerprint density at radius 1 is 1.33 bits per heavy atom. The summed E-state index contributed by atoms with van der Waals surface area (Å²) in [5.41, 5.74) is 4.20. The summed E-state index contributed by atoms with van der Waals surface area (Å²) in [5, 5.41) is 8.87. The summed E-state index contributed by atoms with van der Waals surface area (Å²) in [6.45, 7) is 6.61. The first-order valence-corrected chi connectivity index (χ1v) is 7.72. The van der Waals surface area contributed by atoms with E-state index in [1.807, 2.05) is 39.1 Å². The van der Waals surface area contributed by atoms with E-state index < -0.39 is 5.79 Å². The number of ether oxygens (including phenoxy) is 2. The Kier molecular flexibility index (Phi) is 4.21. The minimum atomic E-state index is -0.659. The molecule has 0 spiro atoms. The number of aryl methyl sites for hydroxylation is 1. The fourth-order valence-corrected chi connectivity index (χ4v) is 2.63. The van der Waals surface area contributed by atoms with E-state index in [0.29, 0.717) is 18.7 Å². The highest BCUT2D eigenvalue weighted by Gasteiger charge is 2.30. The van der Waals surface area contributed by atoms with E-state index in [9.17, 15) is 0 Å². The molecule has 24 heavy (non-hydrogen) atoms. The summed E-state index contributed by atoms with van der Waals surface area (Å²) in [6, 6.07) is 9.23. The normalized spacial score (nSPS) is 15.1. The second kappa shape index (κ2) is 6.18. The highest BCUT2D eigenvalue weighted by atomic mass is 16.7. The summed E-state index contributed by atoms with van der Waals surface area (Å²) in [7, 11) is 6.18. The van der Waals surface area contributed by atoms with Crippen LogP contribution in [-0.4, -0.2) is 18.8 Å². The number of rotatable bonds is 3. The molecule has 2 aromatic rings. The number of pyridine rings is 1. The van der Waals surface area contributed by atoms with E-state index in [1.165, 1.54) is 0 Å². The molecule has 2 radical (unpaired) electrons. The molecule has 0 bridgehead atoms. The molecule has 1 aromatic carbocycles. The molecule has 0 aliphatic carbocycles. The Hall–Kier alpha value is -2.52. The first kappa shape index (κ1) is 16.3. The van der Waals surface area contributed by atoms with Crippen LogP contribution in [0.5, 0.6) is 5.75 Å². The van der Waals surface area contributed by atoms with E-state index in [1.54, 1.807) is 16.9 Å². The van der Waals surface area contributed by atoms with Crippen molar-refractivity contribution in [1.29, 1.82) is 5.26 Å². The Morgan fingerprint density at radius 2 is 2.04 bits per heavy atom. The van der Waals surface area contributed by atoms with Gasteiger partial charge in [0.25, 0.3) is 0 Å². The van der Waals surface area contributed by atoms with Crippen molar-refractivity contribution in [3.8, 4) is 11.8 Å². The first-order chi connectivity index (χ1) is 11.4. The highest BCUT2D eigenvalue weighted by molar-refractivity contribution is 6.17. The Morgan fingerprint density at radius 3 is 2.71 bits per heavy atom. The van der Waals surface area contributed by atoms with Crippen molar-refractivity contribution in [2.45, 2.75) is 39.7 Å². The molecule has 0 unspecified atom stereocenters. The minimum Gasteiger partial charge on any atom is -0.461 e. The molecule has 5 nitrogen and oxygen atoms in total. The maximum Gasteiger partial charge on any atom is 0.227 e. The van der Waals surface area contributed by atoms with Crippen LogP contribution >= 0.6 is 0 Å². The lowest BCUT2D eigenvalue weighted by molar-refractivity contribution is -0.180. The topological polar surface area (TPSA) is 58.4 Å². The van der Waals surface area contributed by atoms with Gasteiger partial charge in [-0.25, -0.2) is 0 Å². The molecule has 1 aliphatic heterocycles. The van der Waals surface area contributed by atoms with Gasteiger partial charge in [-0.1, -0.05) is 0 Å². The van der Waals surface area contributed by atoms with Gasteiger partial charge < -0.3 is 14.3 Å². The summed E-state index contributed by atoms with van der Waals surface area (Å²) in [4.78, 5) is 6.04.